The van der Waals surface area contributed by atoms with Crippen LogP contribution in [0.15, 0.2) is 47.1 Å². The number of hydrogen-bond donors (Lipinski definition) is 3. The summed E-state index contributed by atoms with van der Waals surface area (Å²) in [7, 11) is 0. The van der Waals surface area contributed by atoms with E-state index in [0.717, 1.165) is 5.69 Å². The second-order valence-corrected chi connectivity index (χ2v) is 5.42. The van der Waals surface area contributed by atoms with E-state index in [1.165, 1.54) is 0 Å². The van der Waals surface area contributed by atoms with Gasteiger partial charge in [-0.15, -0.1) is 0 Å². The molecule has 0 radical (unpaired) electrons. The Bertz CT molecular complexity index is 634. The molecule has 3 N–H and O–H groups in total. The van der Waals surface area contributed by atoms with Gasteiger partial charge in [0.25, 0.3) is 5.91 Å². The summed E-state index contributed by atoms with van der Waals surface area (Å²) in [5, 5.41) is 8.59. The molecule has 6 nitrogen and oxygen atoms in total. The van der Waals surface area contributed by atoms with E-state index >= 15 is 0 Å². The van der Waals surface area contributed by atoms with E-state index in [1.807, 2.05) is 13.8 Å². The largest absolute Gasteiger partial charge is 0.467 e. The van der Waals surface area contributed by atoms with Crippen molar-refractivity contribution in [2.75, 3.05) is 11.9 Å². The first kappa shape index (κ1) is 16.6. The van der Waals surface area contributed by atoms with Crippen molar-refractivity contribution in [1.82, 2.24) is 10.6 Å². The molecule has 0 aliphatic rings. The first-order valence-corrected chi connectivity index (χ1v) is 7.48. The molecule has 2 amide bonds. The maximum Gasteiger partial charge on any atom is 0.251 e. The van der Waals surface area contributed by atoms with Crippen molar-refractivity contribution >= 4 is 17.5 Å². The molecule has 0 spiro atoms. The molecule has 1 heterocycles. The van der Waals surface area contributed by atoms with Crippen molar-refractivity contribution in [1.29, 1.82) is 0 Å². The fraction of sp³-hybridized carbons (Fsp3) is 0.294. The fourth-order valence-corrected chi connectivity index (χ4v) is 1.98. The topological polar surface area (TPSA) is 83.4 Å². The van der Waals surface area contributed by atoms with Crippen LogP contribution in [0.1, 0.15) is 30.0 Å². The third-order valence-corrected chi connectivity index (χ3v) is 3.05. The predicted molar refractivity (Wildman–Crippen MR) is 88.1 cm³/mol. The van der Waals surface area contributed by atoms with Crippen LogP contribution in [0.25, 0.3) is 0 Å². The fourth-order valence-electron chi connectivity index (χ4n) is 1.98. The Kier molecular flexibility index (Phi) is 5.80. The SMILES string of the molecule is CC(C)NC(=O)CNc1ccc(C(=O)NCc2ccco2)cc1. The first-order valence-electron chi connectivity index (χ1n) is 7.48. The zero-order chi connectivity index (χ0) is 16.7. The lowest BCUT2D eigenvalue weighted by atomic mass is 10.2. The number of rotatable bonds is 7. The lowest BCUT2D eigenvalue weighted by molar-refractivity contribution is -0.119. The maximum absolute atomic E-state index is 12.0. The van der Waals surface area contributed by atoms with Gasteiger partial charge in [-0.2, -0.15) is 0 Å². The van der Waals surface area contributed by atoms with E-state index in [1.54, 1.807) is 42.7 Å². The van der Waals surface area contributed by atoms with E-state index in [9.17, 15) is 9.59 Å². The normalized spacial score (nSPS) is 10.4. The quantitative estimate of drug-likeness (QED) is 0.731. The summed E-state index contributed by atoms with van der Waals surface area (Å²) in [5.74, 6) is 0.457. The first-order chi connectivity index (χ1) is 11.0. The van der Waals surface area contributed by atoms with Gasteiger partial charge >= 0.3 is 0 Å². The number of nitrogens with one attached hydrogen (secondary N) is 3. The smallest absolute Gasteiger partial charge is 0.251 e. The van der Waals surface area contributed by atoms with Gasteiger partial charge in [-0.3, -0.25) is 9.59 Å². The minimum Gasteiger partial charge on any atom is -0.467 e. The maximum atomic E-state index is 12.0. The van der Waals surface area contributed by atoms with Crippen LogP contribution in [-0.2, 0) is 11.3 Å². The number of furan rings is 1. The van der Waals surface area contributed by atoms with E-state index in [2.05, 4.69) is 16.0 Å². The number of hydrogen-bond acceptors (Lipinski definition) is 4. The van der Waals surface area contributed by atoms with Crippen LogP contribution in [-0.4, -0.2) is 24.4 Å². The van der Waals surface area contributed by atoms with E-state index < -0.39 is 0 Å². The van der Waals surface area contributed by atoms with Gasteiger partial charge in [0.2, 0.25) is 5.91 Å². The van der Waals surface area contributed by atoms with Gasteiger partial charge in [-0.1, -0.05) is 0 Å². The predicted octanol–water partition coefficient (Wildman–Crippen LogP) is 2.15. The van der Waals surface area contributed by atoms with Crippen LogP contribution in [0.4, 0.5) is 5.69 Å². The highest BCUT2D eigenvalue weighted by Gasteiger charge is 2.07. The van der Waals surface area contributed by atoms with Crippen molar-refractivity contribution in [3.63, 3.8) is 0 Å². The van der Waals surface area contributed by atoms with Gasteiger partial charge in [-0.25, -0.2) is 0 Å². The third-order valence-electron chi connectivity index (χ3n) is 3.05. The lowest BCUT2D eigenvalue weighted by Crippen LogP contribution is -2.34. The Hall–Kier alpha value is -2.76. The second-order valence-electron chi connectivity index (χ2n) is 5.42. The van der Waals surface area contributed by atoms with Crippen molar-refractivity contribution in [2.24, 2.45) is 0 Å². The highest BCUT2D eigenvalue weighted by Crippen LogP contribution is 2.09. The zero-order valence-electron chi connectivity index (χ0n) is 13.3. The summed E-state index contributed by atoms with van der Waals surface area (Å²) in [6.45, 7) is 4.37. The van der Waals surface area contributed by atoms with Gasteiger partial charge in [0.05, 0.1) is 19.4 Å². The van der Waals surface area contributed by atoms with Crippen LogP contribution in [0.2, 0.25) is 0 Å². The molecule has 0 aliphatic carbocycles. The summed E-state index contributed by atoms with van der Waals surface area (Å²) in [5.41, 5.74) is 1.33. The molecule has 2 aromatic rings. The summed E-state index contributed by atoms with van der Waals surface area (Å²) >= 11 is 0. The standard InChI is InChI=1S/C17H21N3O3/c1-12(2)20-16(21)11-18-14-7-5-13(6-8-14)17(22)19-10-15-4-3-9-23-15/h3-9,12,18H,10-11H2,1-2H3,(H,19,22)(H,20,21). The van der Waals surface area contributed by atoms with Crippen molar-refractivity contribution < 1.29 is 14.0 Å². The third kappa shape index (κ3) is 5.50. The molecule has 6 heteroatoms. The summed E-state index contributed by atoms with van der Waals surface area (Å²) in [4.78, 5) is 23.6. The van der Waals surface area contributed by atoms with Gasteiger partial charge in [0.15, 0.2) is 0 Å². The van der Waals surface area contributed by atoms with E-state index in [4.69, 9.17) is 4.42 Å². The van der Waals surface area contributed by atoms with Crippen molar-refractivity contribution in [3.8, 4) is 0 Å². The molecule has 0 fully saturated rings. The Morgan fingerprint density at radius 1 is 1.13 bits per heavy atom. The molecular formula is C17H21N3O3. The molecule has 122 valence electrons. The van der Waals surface area contributed by atoms with Gasteiger partial charge in [0.1, 0.15) is 5.76 Å². The number of benzene rings is 1. The van der Waals surface area contributed by atoms with Gasteiger partial charge in [-0.05, 0) is 50.2 Å². The minimum atomic E-state index is -0.175. The molecule has 2 rings (SSSR count). The highest BCUT2D eigenvalue weighted by atomic mass is 16.3. The Balaban J connectivity index is 1.81. The van der Waals surface area contributed by atoms with Crippen LogP contribution in [0.5, 0.6) is 0 Å². The minimum absolute atomic E-state index is 0.0692. The second kappa shape index (κ2) is 8.03. The van der Waals surface area contributed by atoms with Crippen molar-refractivity contribution in [2.45, 2.75) is 26.4 Å². The Morgan fingerprint density at radius 2 is 1.87 bits per heavy atom. The van der Waals surface area contributed by atoms with Crippen molar-refractivity contribution in [3.05, 3.63) is 54.0 Å². The van der Waals surface area contributed by atoms with Crippen LogP contribution in [0, 0.1) is 0 Å². The number of carbonyl (C=O) groups is 2. The number of amides is 2. The van der Waals surface area contributed by atoms with Gasteiger partial charge < -0.3 is 20.4 Å². The van der Waals surface area contributed by atoms with Crippen LogP contribution in [0.3, 0.4) is 0 Å². The molecule has 0 unspecified atom stereocenters. The highest BCUT2D eigenvalue weighted by molar-refractivity contribution is 5.94. The number of carbonyl (C=O) groups excluding carboxylic acids is 2. The summed E-state index contributed by atoms with van der Waals surface area (Å²) in [6, 6.07) is 10.6. The van der Waals surface area contributed by atoms with Gasteiger partial charge in [0, 0.05) is 17.3 Å². The molecule has 23 heavy (non-hydrogen) atoms. The molecule has 1 aromatic carbocycles. The molecule has 0 saturated heterocycles. The number of anilines is 1. The monoisotopic (exact) mass is 315 g/mol. The molecule has 0 aliphatic heterocycles. The molecule has 0 bridgehead atoms. The van der Waals surface area contributed by atoms with Crippen LogP contribution < -0.4 is 16.0 Å². The molecular weight excluding hydrogens is 294 g/mol. The lowest BCUT2D eigenvalue weighted by Gasteiger charge is -2.10. The zero-order valence-corrected chi connectivity index (χ0v) is 13.3. The molecule has 0 saturated carbocycles. The van der Waals surface area contributed by atoms with E-state index in [-0.39, 0.29) is 24.4 Å². The average molecular weight is 315 g/mol. The van der Waals surface area contributed by atoms with E-state index in [0.29, 0.717) is 17.9 Å². The molecule has 0 atom stereocenters. The Morgan fingerprint density at radius 3 is 2.48 bits per heavy atom. The summed E-state index contributed by atoms with van der Waals surface area (Å²) in [6.07, 6.45) is 1.57. The molecule has 1 aromatic heterocycles. The summed E-state index contributed by atoms with van der Waals surface area (Å²) < 4.78 is 5.16. The average Bonchev–Trinajstić information content (AvgIpc) is 3.04. The van der Waals surface area contributed by atoms with Crippen LogP contribution >= 0.6 is 0 Å². The Labute approximate surface area is 135 Å².